The number of halogens is 1. The fourth-order valence-corrected chi connectivity index (χ4v) is 2.97. The van der Waals surface area contributed by atoms with Crippen LogP contribution in [0.15, 0.2) is 59.5 Å². The lowest BCUT2D eigenvalue weighted by molar-refractivity contribution is -0.860. The standard InChI is InChI=1S/C18H21FN2OS/c1-21(2)12-17(14-6-4-3-5-7-14)20-18(22)13-23-16-10-8-15(19)9-11-16/h3-11,17H,12-13H2,1-2H3,(H,20,22)/p+1/t17-/m1/s1. The largest absolute Gasteiger partial charge is 0.343 e. The Morgan fingerprint density at radius 2 is 1.78 bits per heavy atom. The van der Waals surface area contributed by atoms with Gasteiger partial charge in [-0.05, 0) is 29.8 Å². The Kier molecular flexibility index (Phi) is 6.62. The maximum absolute atomic E-state index is 12.9. The summed E-state index contributed by atoms with van der Waals surface area (Å²) in [4.78, 5) is 14.4. The van der Waals surface area contributed by atoms with Crippen LogP contribution in [-0.4, -0.2) is 32.3 Å². The minimum Gasteiger partial charge on any atom is -0.343 e. The van der Waals surface area contributed by atoms with Gasteiger partial charge in [0, 0.05) is 4.90 Å². The van der Waals surface area contributed by atoms with Crippen molar-refractivity contribution in [2.45, 2.75) is 10.9 Å². The van der Waals surface area contributed by atoms with Gasteiger partial charge in [-0.3, -0.25) is 4.79 Å². The molecule has 5 heteroatoms. The minimum absolute atomic E-state index is 0.0116. The highest BCUT2D eigenvalue weighted by atomic mass is 32.2. The van der Waals surface area contributed by atoms with Gasteiger partial charge in [-0.1, -0.05) is 30.3 Å². The molecule has 2 aromatic carbocycles. The highest BCUT2D eigenvalue weighted by molar-refractivity contribution is 8.00. The molecule has 2 N–H and O–H groups in total. The quantitative estimate of drug-likeness (QED) is 0.759. The van der Waals surface area contributed by atoms with Crippen LogP contribution in [0, 0.1) is 5.82 Å². The first kappa shape index (κ1) is 17.5. The summed E-state index contributed by atoms with van der Waals surface area (Å²) in [6.07, 6.45) is 0. The molecule has 0 bridgehead atoms. The van der Waals surface area contributed by atoms with Gasteiger partial charge < -0.3 is 10.2 Å². The predicted molar refractivity (Wildman–Crippen MR) is 92.1 cm³/mol. The van der Waals surface area contributed by atoms with E-state index in [2.05, 4.69) is 19.4 Å². The van der Waals surface area contributed by atoms with E-state index in [1.807, 2.05) is 30.3 Å². The zero-order chi connectivity index (χ0) is 16.7. The Balaban J connectivity index is 1.93. The molecule has 0 aliphatic heterocycles. The highest BCUT2D eigenvalue weighted by Crippen LogP contribution is 2.18. The fraction of sp³-hybridized carbons (Fsp3) is 0.278. The number of benzene rings is 2. The molecule has 0 unspecified atom stereocenters. The van der Waals surface area contributed by atoms with Crippen molar-refractivity contribution in [1.29, 1.82) is 0 Å². The van der Waals surface area contributed by atoms with Crippen LogP contribution in [0.4, 0.5) is 4.39 Å². The van der Waals surface area contributed by atoms with Crippen LogP contribution in [0.5, 0.6) is 0 Å². The van der Waals surface area contributed by atoms with Crippen molar-refractivity contribution < 1.29 is 14.1 Å². The van der Waals surface area contributed by atoms with Crippen LogP contribution in [0.25, 0.3) is 0 Å². The zero-order valence-electron chi connectivity index (χ0n) is 13.4. The maximum atomic E-state index is 12.9. The number of likely N-dealkylation sites (N-methyl/N-ethyl adjacent to an activating group) is 1. The molecule has 0 aromatic heterocycles. The van der Waals surface area contributed by atoms with E-state index in [1.54, 1.807) is 12.1 Å². The Bertz CT molecular complexity index is 617. The van der Waals surface area contributed by atoms with Crippen LogP contribution in [0.1, 0.15) is 11.6 Å². The van der Waals surface area contributed by atoms with Crippen molar-refractivity contribution in [2.75, 3.05) is 26.4 Å². The van der Waals surface area contributed by atoms with Crippen LogP contribution < -0.4 is 10.2 Å². The summed E-state index contributed by atoms with van der Waals surface area (Å²) in [7, 11) is 4.13. The van der Waals surface area contributed by atoms with Gasteiger partial charge in [0.1, 0.15) is 18.4 Å². The van der Waals surface area contributed by atoms with Crippen LogP contribution >= 0.6 is 11.8 Å². The van der Waals surface area contributed by atoms with E-state index in [0.29, 0.717) is 5.75 Å². The Hall–Kier alpha value is -1.85. The van der Waals surface area contributed by atoms with Crippen LogP contribution in [-0.2, 0) is 4.79 Å². The molecule has 2 rings (SSSR count). The van der Waals surface area contributed by atoms with E-state index < -0.39 is 0 Å². The number of carbonyl (C=O) groups is 1. The molecule has 0 radical (unpaired) electrons. The molecule has 0 heterocycles. The summed E-state index contributed by atoms with van der Waals surface area (Å²) >= 11 is 1.41. The van der Waals surface area contributed by atoms with Gasteiger partial charge in [0.05, 0.1) is 19.8 Å². The third-order valence-electron chi connectivity index (χ3n) is 3.33. The number of quaternary nitrogens is 1. The fourth-order valence-electron chi connectivity index (χ4n) is 2.26. The molecule has 23 heavy (non-hydrogen) atoms. The molecule has 0 fully saturated rings. The second kappa shape index (κ2) is 8.70. The van der Waals surface area contributed by atoms with E-state index in [1.165, 1.54) is 28.8 Å². The third kappa shape index (κ3) is 6.04. The molecule has 0 saturated heterocycles. The molecule has 3 nitrogen and oxygen atoms in total. The van der Waals surface area contributed by atoms with Crippen molar-refractivity contribution in [3.05, 3.63) is 66.0 Å². The highest BCUT2D eigenvalue weighted by Gasteiger charge is 2.17. The molecule has 122 valence electrons. The summed E-state index contributed by atoms with van der Waals surface area (Å²) in [6.45, 7) is 0.816. The van der Waals surface area contributed by atoms with Crippen LogP contribution in [0.2, 0.25) is 0 Å². The van der Waals surface area contributed by atoms with Crippen molar-refractivity contribution in [2.24, 2.45) is 0 Å². The number of hydrogen-bond donors (Lipinski definition) is 2. The lowest BCUT2D eigenvalue weighted by atomic mass is 10.1. The Labute approximate surface area is 140 Å². The topological polar surface area (TPSA) is 33.5 Å². The van der Waals surface area contributed by atoms with Gasteiger partial charge in [-0.15, -0.1) is 11.8 Å². The summed E-state index contributed by atoms with van der Waals surface area (Å²) in [5, 5.41) is 3.09. The van der Waals surface area contributed by atoms with Gasteiger partial charge in [0.2, 0.25) is 5.91 Å². The van der Waals surface area contributed by atoms with Gasteiger partial charge in [0.15, 0.2) is 0 Å². The predicted octanol–water partition coefficient (Wildman–Crippen LogP) is 1.92. The van der Waals surface area contributed by atoms with E-state index in [9.17, 15) is 9.18 Å². The first-order valence-electron chi connectivity index (χ1n) is 7.56. The molecule has 1 amide bonds. The maximum Gasteiger partial charge on any atom is 0.231 e. The van der Waals surface area contributed by atoms with E-state index in [4.69, 9.17) is 0 Å². The molecule has 0 aliphatic carbocycles. The number of thioether (sulfide) groups is 1. The summed E-state index contributed by atoms with van der Waals surface area (Å²) in [6, 6.07) is 16.2. The summed E-state index contributed by atoms with van der Waals surface area (Å²) < 4.78 is 12.9. The smallest absolute Gasteiger partial charge is 0.231 e. The molecule has 0 aliphatic rings. The van der Waals surface area contributed by atoms with E-state index in [0.717, 1.165) is 17.0 Å². The molecular weight excluding hydrogens is 311 g/mol. The Morgan fingerprint density at radius 1 is 1.13 bits per heavy atom. The second-order valence-corrected chi connectivity index (χ2v) is 6.73. The van der Waals surface area contributed by atoms with Crippen molar-refractivity contribution >= 4 is 17.7 Å². The number of carbonyl (C=O) groups excluding carboxylic acids is 1. The van der Waals surface area contributed by atoms with Crippen molar-refractivity contribution in [1.82, 2.24) is 5.32 Å². The minimum atomic E-state index is -0.267. The third-order valence-corrected chi connectivity index (χ3v) is 4.35. The SMILES string of the molecule is C[NH+](C)C[C@@H](NC(=O)CSc1ccc(F)cc1)c1ccccc1. The van der Waals surface area contributed by atoms with E-state index in [-0.39, 0.29) is 17.8 Å². The molecule has 0 saturated carbocycles. The monoisotopic (exact) mass is 333 g/mol. The lowest BCUT2D eigenvalue weighted by Gasteiger charge is -2.20. The lowest BCUT2D eigenvalue weighted by Crippen LogP contribution is -3.06. The van der Waals surface area contributed by atoms with Crippen LogP contribution in [0.3, 0.4) is 0 Å². The summed E-state index contributed by atoms with van der Waals surface area (Å²) in [5.41, 5.74) is 1.11. The van der Waals surface area contributed by atoms with Gasteiger partial charge >= 0.3 is 0 Å². The average Bonchev–Trinajstić information content (AvgIpc) is 2.54. The first-order valence-corrected chi connectivity index (χ1v) is 8.55. The summed E-state index contributed by atoms with van der Waals surface area (Å²) in [5.74, 6) is 0.0314. The number of hydrogen-bond acceptors (Lipinski definition) is 2. The zero-order valence-corrected chi connectivity index (χ0v) is 14.2. The molecule has 1 atom stereocenters. The Morgan fingerprint density at radius 3 is 2.39 bits per heavy atom. The normalized spacial score (nSPS) is 12.2. The van der Waals surface area contributed by atoms with Crippen molar-refractivity contribution in [3.63, 3.8) is 0 Å². The number of amides is 1. The van der Waals surface area contributed by atoms with Crippen molar-refractivity contribution in [3.8, 4) is 0 Å². The number of rotatable bonds is 7. The average molecular weight is 333 g/mol. The molecule has 2 aromatic rings. The first-order chi connectivity index (χ1) is 11.0. The second-order valence-electron chi connectivity index (χ2n) is 5.68. The number of nitrogens with one attached hydrogen (secondary N) is 2. The van der Waals surface area contributed by atoms with Gasteiger partial charge in [-0.25, -0.2) is 4.39 Å². The van der Waals surface area contributed by atoms with Gasteiger partial charge in [-0.2, -0.15) is 0 Å². The van der Waals surface area contributed by atoms with Gasteiger partial charge in [0.25, 0.3) is 0 Å². The van der Waals surface area contributed by atoms with E-state index >= 15 is 0 Å². The molecule has 0 spiro atoms. The molecular formula is C18H22FN2OS+.